The van der Waals surface area contributed by atoms with Gasteiger partial charge in [0.1, 0.15) is 5.75 Å². The molecule has 1 unspecified atom stereocenters. The Morgan fingerprint density at radius 3 is 2.18 bits per heavy atom. The molecule has 0 spiro atoms. The fraction of sp³-hybridized carbons (Fsp3) is 0.316. The molecule has 2 N–H and O–H groups in total. The second-order valence-electron chi connectivity index (χ2n) is 5.96. The number of carbonyl (C=O) groups is 1. The zero-order valence-electron chi connectivity index (χ0n) is 14.5. The summed E-state index contributed by atoms with van der Waals surface area (Å²) in [4.78, 5) is 11.8. The third-order valence-corrected chi connectivity index (χ3v) is 3.90. The van der Waals surface area contributed by atoms with E-state index in [2.05, 4.69) is 10.1 Å². The van der Waals surface area contributed by atoms with Crippen LogP contribution in [0.5, 0.6) is 5.75 Å². The van der Waals surface area contributed by atoms with Gasteiger partial charge in [-0.05, 0) is 41.8 Å². The van der Waals surface area contributed by atoms with E-state index in [4.69, 9.17) is 0 Å². The molecule has 2 aromatic carbocycles. The smallest absolute Gasteiger partial charge is 0.416 e. The summed E-state index contributed by atoms with van der Waals surface area (Å²) in [7, 11) is 0. The molecule has 28 heavy (non-hydrogen) atoms. The molecule has 9 heteroatoms. The predicted octanol–water partition coefficient (Wildman–Crippen LogP) is 4.09. The number of ether oxygens (including phenoxy) is 1. The number of hydrogen-bond acceptors (Lipinski definition) is 3. The molecule has 0 aromatic heterocycles. The lowest BCUT2D eigenvalue weighted by atomic mass is 10.1. The summed E-state index contributed by atoms with van der Waals surface area (Å²) in [6.07, 6.45) is -5.16. The Hall–Kier alpha value is -2.68. The normalized spacial score (nSPS) is 12.7. The van der Waals surface area contributed by atoms with Gasteiger partial charge in [-0.1, -0.05) is 24.3 Å². The molecule has 2 rings (SSSR count). The van der Waals surface area contributed by atoms with Crippen LogP contribution in [0.25, 0.3) is 0 Å². The van der Waals surface area contributed by atoms with E-state index in [1.807, 2.05) is 0 Å². The van der Waals surface area contributed by atoms with Crippen LogP contribution in [-0.4, -0.2) is 24.2 Å². The van der Waals surface area contributed by atoms with Gasteiger partial charge in [0.15, 0.2) is 0 Å². The highest BCUT2D eigenvalue weighted by molar-refractivity contribution is 5.76. The Morgan fingerprint density at radius 1 is 1.04 bits per heavy atom. The van der Waals surface area contributed by atoms with Crippen LogP contribution in [0.2, 0.25) is 0 Å². The Morgan fingerprint density at radius 2 is 1.64 bits per heavy atom. The molecule has 152 valence electrons. The number of alkyl halides is 5. The molecule has 4 nitrogen and oxygen atoms in total. The zero-order chi connectivity index (χ0) is 20.7. The second-order valence-corrected chi connectivity index (χ2v) is 5.96. The van der Waals surface area contributed by atoms with Crippen molar-refractivity contribution in [3.05, 3.63) is 65.2 Å². The van der Waals surface area contributed by atoms with Gasteiger partial charge in [-0.25, -0.2) is 0 Å². The summed E-state index contributed by atoms with van der Waals surface area (Å²) in [5.41, 5.74) is 0.233. The first-order valence-corrected chi connectivity index (χ1v) is 8.31. The van der Waals surface area contributed by atoms with E-state index in [1.54, 1.807) is 0 Å². The number of halogens is 5. The number of nitrogens with one attached hydrogen (secondary N) is 1. The molecule has 1 atom stereocenters. The van der Waals surface area contributed by atoms with Crippen LogP contribution in [0.1, 0.15) is 29.2 Å². The third-order valence-electron chi connectivity index (χ3n) is 3.90. The first kappa shape index (κ1) is 21.6. The van der Waals surface area contributed by atoms with E-state index in [9.17, 15) is 31.9 Å². The molecule has 0 aliphatic rings. The Bertz CT molecular complexity index is 761. The van der Waals surface area contributed by atoms with E-state index in [0.717, 1.165) is 12.1 Å². The van der Waals surface area contributed by atoms with Gasteiger partial charge < -0.3 is 15.2 Å². The minimum atomic E-state index is -4.41. The second kappa shape index (κ2) is 9.50. The first-order valence-electron chi connectivity index (χ1n) is 8.31. The fourth-order valence-electron chi connectivity index (χ4n) is 2.41. The summed E-state index contributed by atoms with van der Waals surface area (Å²) in [6, 6.07) is 9.89. The first-order chi connectivity index (χ1) is 13.1. The summed E-state index contributed by atoms with van der Waals surface area (Å²) in [6.45, 7) is -3.04. The largest absolute Gasteiger partial charge is 0.435 e. The highest BCUT2D eigenvalue weighted by atomic mass is 19.4. The lowest BCUT2D eigenvalue weighted by Crippen LogP contribution is -2.28. The molecule has 0 heterocycles. The molecule has 0 radical (unpaired) electrons. The maximum Gasteiger partial charge on any atom is 0.416 e. The molecule has 0 saturated carbocycles. The van der Waals surface area contributed by atoms with Crippen molar-refractivity contribution in [2.24, 2.45) is 0 Å². The van der Waals surface area contributed by atoms with Crippen LogP contribution in [0, 0.1) is 0 Å². The monoisotopic (exact) mass is 403 g/mol. The Labute approximate surface area is 157 Å². The van der Waals surface area contributed by atoms with E-state index < -0.39 is 24.5 Å². The maximum absolute atomic E-state index is 12.5. The molecule has 0 fully saturated rings. The van der Waals surface area contributed by atoms with Crippen molar-refractivity contribution in [3.63, 3.8) is 0 Å². The van der Waals surface area contributed by atoms with Crippen LogP contribution < -0.4 is 10.1 Å². The molecule has 2 aromatic rings. The lowest BCUT2D eigenvalue weighted by molar-refractivity contribution is -0.137. The molecule has 0 bridgehead atoms. The van der Waals surface area contributed by atoms with Crippen molar-refractivity contribution in [2.45, 2.75) is 31.7 Å². The number of hydrogen-bond donors (Lipinski definition) is 2. The van der Waals surface area contributed by atoms with Crippen LogP contribution in [-0.2, 0) is 17.4 Å². The zero-order valence-corrected chi connectivity index (χ0v) is 14.5. The number of aliphatic hydroxyl groups excluding tert-OH is 1. The highest BCUT2D eigenvalue weighted by Gasteiger charge is 2.29. The topological polar surface area (TPSA) is 58.6 Å². The van der Waals surface area contributed by atoms with Crippen molar-refractivity contribution < 1.29 is 36.6 Å². The molecule has 0 aliphatic carbocycles. The lowest BCUT2D eigenvalue weighted by Gasteiger charge is -2.13. The molecule has 0 aliphatic heterocycles. The molecule has 0 saturated heterocycles. The molecular formula is C19H18F5NO3. The Balaban J connectivity index is 1.77. The highest BCUT2D eigenvalue weighted by Crippen LogP contribution is 2.29. The van der Waals surface area contributed by atoms with Crippen molar-refractivity contribution in [1.82, 2.24) is 5.32 Å². The van der Waals surface area contributed by atoms with Gasteiger partial charge in [0.2, 0.25) is 5.91 Å². The SMILES string of the molecule is O=C(CCc1ccc(C(F)(F)F)cc1)NCC(O)c1ccc(OC(F)F)cc1. The Kier molecular flexibility index (Phi) is 7.33. The van der Waals surface area contributed by atoms with Crippen molar-refractivity contribution in [2.75, 3.05) is 6.54 Å². The fourth-order valence-corrected chi connectivity index (χ4v) is 2.41. The summed E-state index contributed by atoms with van der Waals surface area (Å²) in [5, 5.41) is 12.5. The van der Waals surface area contributed by atoms with Gasteiger partial charge in [0.25, 0.3) is 0 Å². The summed E-state index contributed by atoms with van der Waals surface area (Å²) in [5.74, 6) is -0.428. The minimum Gasteiger partial charge on any atom is -0.435 e. The molecular weight excluding hydrogens is 385 g/mol. The van der Waals surface area contributed by atoms with Gasteiger partial charge in [0, 0.05) is 13.0 Å². The minimum absolute atomic E-state index is 0.0409. The van der Waals surface area contributed by atoms with Gasteiger partial charge in [-0.3, -0.25) is 4.79 Å². The summed E-state index contributed by atoms with van der Waals surface area (Å²) < 4.78 is 65.9. The van der Waals surface area contributed by atoms with E-state index in [-0.39, 0.29) is 31.0 Å². The van der Waals surface area contributed by atoms with Crippen molar-refractivity contribution in [3.8, 4) is 5.75 Å². The van der Waals surface area contributed by atoms with Gasteiger partial charge in [-0.2, -0.15) is 22.0 Å². The van der Waals surface area contributed by atoms with Gasteiger partial charge >= 0.3 is 12.8 Å². The number of benzene rings is 2. The number of amides is 1. The maximum atomic E-state index is 12.5. The number of aryl methyl sites for hydroxylation is 1. The van der Waals surface area contributed by atoms with Gasteiger partial charge in [-0.15, -0.1) is 0 Å². The van der Waals surface area contributed by atoms with E-state index in [1.165, 1.54) is 36.4 Å². The number of rotatable bonds is 8. The average molecular weight is 403 g/mol. The van der Waals surface area contributed by atoms with Crippen LogP contribution >= 0.6 is 0 Å². The standard InChI is InChI=1S/C19H18F5NO3/c20-18(21)28-15-8-4-13(5-9-15)16(26)11-25-17(27)10-3-12-1-6-14(7-2-12)19(22,23)24/h1-2,4-9,16,18,26H,3,10-11H2,(H,25,27). The van der Waals surface area contributed by atoms with E-state index >= 15 is 0 Å². The van der Waals surface area contributed by atoms with Gasteiger partial charge in [0.05, 0.1) is 11.7 Å². The van der Waals surface area contributed by atoms with Crippen LogP contribution in [0.4, 0.5) is 22.0 Å². The van der Waals surface area contributed by atoms with Crippen LogP contribution in [0.3, 0.4) is 0 Å². The predicted molar refractivity (Wildman–Crippen MR) is 90.8 cm³/mol. The van der Waals surface area contributed by atoms with Crippen molar-refractivity contribution >= 4 is 5.91 Å². The summed E-state index contributed by atoms with van der Waals surface area (Å²) >= 11 is 0. The molecule has 1 amide bonds. The average Bonchev–Trinajstić information content (AvgIpc) is 2.64. The van der Waals surface area contributed by atoms with Crippen LogP contribution in [0.15, 0.2) is 48.5 Å². The number of carbonyl (C=O) groups excluding carboxylic acids is 1. The quantitative estimate of drug-likeness (QED) is 0.653. The third kappa shape index (κ3) is 6.80. The number of aliphatic hydroxyl groups is 1. The van der Waals surface area contributed by atoms with E-state index in [0.29, 0.717) is 11.1 Å². The van der Waals surface area contributed by atoms with Crippen molar-refractivity contribution in [1.29, 1.82) is 0 Å².